The molecule has 2 N–H and O–H groups in total. The highest BCUT2D eigenvalue weighted by Gasteiger charge is 2.24. The number of nitrogens with one attached hydrogen (secondary N) is 2. The number of amides is 3. The zero-order valence-corrected chi connectivity index (χ0v) is 23.1. The van der Waals surface area contributed by atoms with Crippen LogP contribution in [0.2, 0.25) is 0 Å². The minimum absolute atomic E-state index is 0.111. The normalized spacial score (nSPS) is 12.7. The second-order valence-electron chi connectivity index (χ2n) is 9.89. The Balaban J connectivity index is 1.22. The summed E-state index contributed by atoms with van der Waals surface area (Å²) in [4.78, 5) is 43.6. The fourth-order valence-corrected chi connectivity index (χ4v) is 4.96. The van der Waals surface area contributed by atoms with Crippen LogP contribution < -0.4 is 20.3 Å². The zero-order chi connectivity index (χ0) is 28.8. The van der Waals surface area contributed by atoms with E-state index in [4.69, 9.17) is 4.74 Å². The van der Waals surface area contributed by atoms with Crippen molar-refractivity contribution in [3.63, 3.8) is 0 Å². The van der Waals surface area contributed by atoms with Gasteiger partial charge in [-0.05, 0) is 72.9 Å². The number of aromatic nitrogens is 1. The molecule has 0 bridgehead atoms. The van der Waals surface area contributed by atoms with E-state index >= 15 is 0 Å². The average molecular weight is 549 g/mol. The van der Waals surface area contributed by atoms with E-state index in [9.17, 15) is 14.4 Å². The lowest BCUT2D eigenvalue weighted by atomic mass is 9.96. The molecule has 208 valence electrons. The van der Waals surface area contributed by atoms with Crippen molar-refractivity contribution in [1.29, 1.82) is 0 Å². The van der Waals surface area contributed by atoms with E-state index in [0.717, 1.165) is 57.6 Å². The number of ether oxygens (including phenoxy) is 1. The first-order valence-electron chi connectivity index (χ1n) is 13.6. The molecule has 0 unspecified atom stereocenters. The third-order valence-corrected chi connectivity index (χ3v) is 7.10. The summed E-state index contributed by atoms with van der Waals surface area (Å²) in [6.45, 7) is 2.81. The summed E-state index contributed by atoms with van der Waals surface area (Å²) >= 11 is 0. The number of fused-ring (bicyclic) bond motifs is 2. The number of carbonyl (C=O) groups is 3. The van der Waals surface area contributed by atoms with Crippen LogP contribution in [0.4, 0.5) is 5.69 Å². The number of aryl methyl sites for hydroxylation is 1. The van der Waals surface area contributed by atoms with Gasteiger partial charge in [0, 0.05) is 42.0 Å². The maximum atomic E-state index is 13.1. The summed E-state index contributed by atoms with van der Waals surface area (Å²) in [5.41, 5.74) is 6.04. The van der Waals surface area contributed by atoms with Crippen LogP contribution in [0.25, 0.3) is 17.0 Å². The summed E-state index contributed by atoms with van der Waals surface area (Å²) < 4.78 is 6.24. The van der Waals surface area contributed by atoms with Crippen molar-refractivity contribution in [3.05, 3.63) is 107 Å². The van der Waals surface area contributed by atoms with Crippen molar-refractivity contribution < 1.29 is 19.1 Å². The largest absolute Gasteiger partial charge is 0.487 e. The second-order valence-corrected chi connectivity index (χ2v) is 9.89. The smallest absolute Gasteiger partial charge is 0.251 e. The maximum absolute atomic E-state index is 13.1. The summed E-state index contributed by atoms with van der Waals surface area (Å²) in [5, 5.41) is 6.28. The summed E-state index contributed by atoms with van der Waals surface area (Å²) in [6, 6.07) is 22.7. The Hall–Kier alpha value is -4.98. The van der Waals surface area contributed by atoms with E-state index in [0.29, 0.717) is 18.7 Å². The van der Waals surface area contributed by atoms with E-state index in [1.54, 1.807) is 42.3 Å². The van der Waals surface area contributed by atoms with Crippen LogP contribution in [0.5, 0.6) is 5.75 Å². The molecule has 0 saturated carbocycles. The molecule has 1 aliphatic heterocycles. The predicted molar refractivity (Wildman–Crippen MR) is 160 cm³/mol. The van der Waals surface area contributed by atoms with E-state index in [1.807, 2.05) is 55.5 Å². The molecule has 4 aromatic rings. The van der Waals surface area contributed by atoms with Crippen LogP contribution in [0.1, 0.15) is 39.2 Å². The Morgan fingerprint density at radius 3 is 2.61 bits per heavy atom. The van der Waals surface area contributed by atoms with Gasteiger partial charge in [-0.1, -0.05) is 42.5 Å². The van der Waals surface area contributed by atoms with Gasteiger partial charge in [0.05, 0.1) is 6.54 Å². The molecule has 41 heavy (non-hydrogen) atoms. The molecule has 2 heterocycles. The summed E-state index contributed by atoms with van der Waals surface area (Å²) in [6.07, 6.45) is 4.69. The highest BCUT2D eigenvalue weighted by molar-refractivity contribution is 6.00. The first-order valence-corrected chi connectivity index (χ1v) is 13.6. The Morgan fingerprint density at radius 2 is 1.80 bits per heavy atom. The molecule has 8 heteroatoms. The monoisotopic (exact) mass is 548 g/mol. The van der Waals surface area contributed by atoms with Crippen molar-refractivity contribution in [2.45, 2.75) is 26.4 Å². The fraction of sp³-hybridized carbons (Fsp3) is 0.212. The molecule has 0 radical (unpaired) electrons. The number of benzene rings is 3. The molecule has 3 aromatic carbocycles. The van der Waals surface area contributed by atoms with Crippen molar-refractivity contribution in [1.82, 2.24) is 15.6 Å². The number of carbonyl (C=O) groups excluding carboxylic acids is 3. The minimum Gasteiger partial charge on any atom is -0.487 e. The predicted octanol–water partition coefficient (Wildman–Crippen LogP) is 4.59. The number of rotatable bonds is 8. The summed E-state index contributed by atoms with van der Waals surface area (Å²) in [5.74, 6) is 0.0140. The zero-order valence-electron chi connectivity index (χ0n) is 23.1. The SMILES string of the molecule is CNC(=O)c1ccc(C=CC(=O)NCC(=O)N2CCCc3c(COc4cccc5ccc(C)nc45)cccc32)cc1. The van der Waals surface area contributed by atoms with Crippen LogP contribution in [-0.4, -0.2) is 42.8 Å². The lowest BCUT2D eigenvalue weighted by molar-refractivity contribution is -0.122. The molecule has 1 aliphatic rings. The van der Waals surface area contributed by atoms with Gasteiger partial charge in [-0.3, -0.25) is 14.4 Å². The van der Waals surface area contributed by atoms with Crippen LogP contribution in [0, 0.1) is 6.92 Å². The standard InChI is InChI=1S/C33H32N4O4/c1-22-11-15-24-6-4-10-29(32(24)36-22)41-21-26-7-3-9-28-27(26)8-5-19-37(28)31(39)20-35-30(38)18-14-23-12-16-25(17-13-23)33(40)34-2/h3-4,6-7,9-18H,5,8,19-21H2,1-2H3,(H,34,40)(H,35,38). The molecule has 3 amide bonds. The number of anilines is 1. The number of pyridine rings is 1. The van der Waals surface area contributed by atoms with Crippen LogP contribution in [0.3, 0.4) is 0 Å². The lowest BCUT2D eigenvalue weighted by Gasteiger charge is -2.31. The summed E-state index contributed by atoms with van der Waals surface area (Å²) in [7, 11) is 1.57. The van der Waals surface area contributed by atoms with Gasteiger partial charge in [-0.2, -0.15) is 0 Å². The molecular formula is C33H32N4O4. The number of hydrogen-bond acceptors (Lipinski definition) is 5. The molecule has 1 aromatic heterocycles. The molecule has 0 saturated heterocycles. The number of hydrogen-bond donors (Lipinski definition) is 2. The van der Waals surface area contributed by atoms with E-state index in [2.05, 4.69) is 15.6 Å². The molecule has 0 fully saturated rings. The van der Waals surface area contributed by atoms with E-state index in [-0.39, 0.29) is 24.3 Å². The molecular weight excluding hydrogens is 516 g/mol. The van der Waals surface area contributed by atoms with Gasteiger partial charge in [0.1, 0.15) is 17.9 Å². The molecule has 0 spiro atoms. The van der Waals surface area contributed by atoms with Gasteiger partial charge in [0.15, 0.2) is 0 Å². The Kier molecular flexibility index (Phi) is 8.39. The minimum atomic E-state index is -0.368. The number of nitrogens with zero attached hydrogens (tertiary/aromatic N) is 2. The highest BCUT2D eigenvalue weighted by Crippen LogP contribution is 2.31. The Labute approximate surface area is 239 Å². The van der Waals surface area contributed by atoms with Crippen molar-refractivity contribution in [2.75, 3.05) is 25.0 Å². The van der Waals surface area contributed by atoms with Crippen LogP contribution >= 0.6 is 0 Å². The lowest BCUT2D eigenvalue weighted by Crippen LogP contribution is -2.42. The van der Waals surface area contributed by atoms with Gasteiger partial charge in [-0.15, -0.1) is 0 Å². The first-order chi connectivity index (χ1) is 19.9. The van der Waals surface area contributed by atoms with Gasteiger partial charge in [0.2, 0.25) is 11.8 Å². The highest BCUT2D eigenvalue weighted by atomic mass is 16.5. The average Bonchev–Trinajstić information content (AvgIpc) is 3.01. The van der Waals surface area contributed by atoms with Crippen LogP contribution in [-0.2, 0) is 22.6 Å². The molecule has 5 rings (SSSR count). The topological polar surface area (TPSA) is 101 Å². The maximum Gasteiger partial charge on any atom is 0.251 e. The first kappa shape index (κ1) is 27.6. The second kappa shape index (κ2) is 12.5. The van der Waals surface area contributed by atoms with E-state index < -0.39 is 0 Å². The molecule has 8 nitrogen and oxygen atoms in total. The van der Waals surface area contributed by atoms with Crippen molar-refractivity contribution >= 4 is 40.4 Å². The van der Waals surface area contributed by atoms with Gasteiger partial charge < -0.3 is 20.3 Å². The van der Waals surface area contributed by atoms with Crippen molar-refractivity contribution in [2.24, 2.45) is 0 Å². The molecule has 0 aliphatic carbocycles. The van der Waals surface area contributed by atoms with Gasteiger partial charge in [-0.25, -0.2) is 4.98 Å². The van der Waals surface area contributed by atoms with Gasteiger partial charge in [0.25, 0.3) is 5.91 Å². The third kappa shape index (κ3) is 6.44. The third-order valence-electron chi connectivity index (χ3n) is 7.10. The van der Waals surface area contributed by atoms with Crippen molar-refractivity contribution in [3.8, 4) is 5.75 Å². The van der Waals surface area contributed by atoms with Crippen LogP contribution in [0.15, 0.2) is 78.9 Å². The Bertz CT molecular complexity index is 1630. The van der Waals surface area contributed by atoms with Gasteiger partial charge >= 0.3 is 0 Å². The quantitative estimate of drug-likeness (QED) is 0.314. The number of para-hydroxylation sites is 1. The fourth-order valence-electron chi connectivity index (χ4n) is 4.96. The Morgan fingerprint density at radius 1 is 1.00 bits per heavy atom. The van der Waals surface area contributed by atoms with E-state index in [1.165, 1.54) is 6.08 Å². The molecule has 0 atom stereocenters.